The summed E-state index contributed by atoms with van der Waals surface area (Å²) in [4.78, 5) is 20.8. The van der Waals surface area contributed by atoms with E-state index in [1.165, 1.54) is 22.1 Å². The predicted molar refractivity (Wildman–Crippen MR) is 107 cm³/mol. The van der Waals surface area contributed by atoms with Gasteiger partial charge in [-0.05, 0) is 37.6 Å². The van der Waals surface area contributed by atoms with Crippen molar-refractivity contribution in [2.24, 2.45) is 0 Å². The summed E-state index contributed by atoms with van der Waals surface area (Å²) in [6, 6.07) is 6.62. The molecule has 1 heterocycles. The van der Waals surface area contributed by atoms with Crippen LogP contribution in [0.5, 0.6) is 0 Å². The fourth-order valence-corrected chi connectivity index (χ4v) is 4.89. The lowest BCUT2D eigenvalue weighted by molar-refractivity contribution is -0.115. The maximum atomic E-state index is 12.8. The van der Waals surface area contributed by atoms with Crippen LogP contribution in [0.3, 0.4) is 0 Å². The molecule has 2 rings (SSSR count). The molecule has 9 heteroatoms. The topological polar surface area (TPSA) is 92.3 Å². The van der Waals surface area contributed by atoms with E-state index in [0.29, 0.717) is 29.5 Å². The van der Waals surface area contributed by atoms with Gasteiger partial charge in [-0.1, -0.05) is 31.7 Å². The molecule has 1 amide bonds. The van der Waals surface area contributed by atoms with Gasteiger partial charge in [0.25, 0.3) is 0 Å². The molecule has 146 valence electrons. The molecular weight excluding hydrogens is 384 g/mol. The third-order valence-electron chi connectivity index (χ3n) is 3.97. The molecule has 27 heavy (non-hydrogen) atoms. The number of nitrogens with zero attached hydrogens (tertiary/aromatic N) is 3. The molecule has 0 unspecified atom stereocenters. The number of carbonyl (C=O) groups is 1. The fraction of sp³-hybridized carbons (Fsp3) is 0.389. The SMILES string of the molecule is CCN(CC)S(=O)(=O)c1cc(NC(=O)[C@H](C)Sc2ncccn2)ccc1C. The Morgan fingerprint density at radius 2 is 1.85 bits per heavy atom. The lowest BCUT2D eigenvalue weighted by Gasteiger charge is -2.20. The number of hydrogen-bond acceptors (Lipinski definition) is 6. The minimum absolute atomic E-state index is 0.204. The molecule has 0 radical (unpaired) electrons. The van der Waals surface area contributed by atoms with Gasteiger partial charge in [-0.2, -0.15) is 4.31 Å². The number of sulfonamides is 1. The summed E-state index contributed by atoms with van der Waals surface area (Å²) in [6.07, 6.45) is 3.23. The number of amides is 1. The van der Waals surface area contributed by atoms with Crippen LogP contribution in [-0.4, -0.2) is 46.9 Å². The second-order valence-corrected chi connectivity index (χ2v) is 9.06. The van der Waals surface area contributed by atoms with Crippen LogP contribution in [0.25, 0.3) is 0 Å². The number of carbonyl (C=O) groups excluding carboxylic acids is 1. The number of hydrogen-bond donors (Lipinski definition) is 1. The van der Waals surface area contributed by atoms with E-state index in [-0.39, 0.29) is 10.8 Å². The monoisotopic (exact) mass is 408 g/mol. The van der Waals surface area contributed by atoms with Crippen molar-refractivity contribution in [2.75, 3.05) is 18.4 Å². The van der Waals surface area contributed by atoms with E-state index in [2.05, 4.69) is 15.3 Å². The molecule has 0 bridgehead atoms. The number of nitrogens with one attached hydrogen (secondary N) is 1. The molecule has 0 aliphatic heterocycles. The largest absolute Gasteiger partial charge is 0.325 e. The van der Waals surface area contributed by atoms with Crippen molar-refractivity contribution in [3.8, 4) is 0 Å². The van der Waals surface area contributed by atoms with Crippen LogP contribution in [0.1, 0.15) is 26.3 Å². The van der Waals surface area contributed by atoms with Gasteiger partial charge in [0.05, 0.1) is 10.1 Å². The number of aromatic nitrogens is 2. The van der Waals surface area contributed by atoms with Gasteiger partial charge in [-0.15, -0.1) is 0 Å². The van der Waals surface area contributed by atoms with Crippen molar-refractivity contribution >= 4 is 33.4 Å². The van der Waals surface area contributed by atoms with Gasteiger partial charge in [-0.25, -0.2) is 18.4 Å². The lowest BCUT2D eigenvalue weighted by atomic mass is 10.2. The van der Waals surface area contributed by atoms with Crippen molar-refractivity contribution < 1.29 is 13.2 Å². The van der Waals surface area contributed by atoms with Gasteiger partial charge >= 0.3 is 0 Å². The fourth-order valence-electron chi connectivity index (χ4n) is 2.46. The van der Waals surface area contributed by atoms with Crippen LogP contribution >= 0.6 is 11.8 Å². The maximum Gasteiger partial charge on any atom is 0.243 e. The average Bonchev–Trinajstić information content (AvgIpc) is 2.64. The molecule has 1 aromatic carbocycles. The molecule has 0 aliphatic carbocycles. The maximum absolute atomic E-state index is 12.8. The van der Waals surface area contributed by atoms with Gasteiger partial charge in [0.15, 0.2) is 5.16 Å². The number of benzene rings is 1. The molecule has 0 saturated carbocycles. The molecule has 0 aliphatic rings. The molecule has 7 nitrogen and oxygen atoms in total. The molecule has 1 N–H and O–H groups in total. The molecule has 0 fully saturated rings. The van der Waals surface area contributed by atoms with E-state index >= 15 is 0 Å². The third kappa shape index (κ3) is 5.27. The molecule has 1 atom stereocenters. The van der Waals surface area contributed by atoms with Crippen molar-refractivity contribution in [1.29, 1.82) is 0 Å². The second-order valence-electron chi connectivity index (χ2n) is 5.85. The highest BCUT2D eigenvalue weighted by Crippen LogP contribution is 2.25. The Kier molecular flexibility index (Phi) is 7.34. The number of anilines is 1. The summed E-state index contributed by atoms with van der Waals surface area (Å²) in [6.45, 7) is 7.86. The van der Waals surface area contributed by atoms with E-state index in [4.69, 9.17) is 0 Å². The van der Waals surface area contributed by atoms with Crippen LogP contribution < -0.4 is 5.32 Å². The van der Waals surface area contributed by atoms with E-state index in [9.17, 15) is 13.2 Å². The Labute approximate surface area is 164 Å². The van der Waals surface area contributed by atoms with E-state index in [1.54, 1.807) is 58.3 Å². The molecule has 2 aromatic rings. The first-order chi connectivity index (χ1) is 12.8. The smallest absolute Gasteiger partial charge is 0.243 e. The first-order valence-corrected chi connectivity index (χ1v) is 11.0. The second kappa shape index (κ2) is 9.29. The number of thioether (sulfide) groups is 1. The summed E-state index contributed by atoms with van der Waals surface area (Å²) >= 11 is 1.24. The minimum Gasteiger partial charge on any atom is -0.325 e. The van der Waals surface area contributed by atoms with Gasteiger partial charge in [0, 0.05) is 31.2 Å². The van der Waals surface area contributed by atoms with Crippen molar-refractivity contribution in [1.82, 2.24) is 14.3 Å². The van der Waals surface area contributed by atoms with Crippen LogP contribution in [0.4, 0.5) is 5.69 Å². The first kappa shape index (κ1) is 21.3. The quantitative estimate of drug-likeness (QED) is 0.533. The number of rotatable bonds is 8. The van der Waals surface area contributed by atoms with Gasteiger partial charge in [0.2, 0.25) is 15.9 Å². The Morgan fingerprint density at radius 1 is 1.22 bits per heavy atom. The highest BCUT2D eigenvalue weighted by molar-refractivity contribution is 8.00. The summed E-state index contributed by atoms with van der Waals surface area (Å²) in [7, 11) is -3.60. The summed E-state index contributed by atoms with van der Waals surface area (Å²) in [5.74, 6) is -0.248. The normalized spacial score (nSPS) is 12.8. The minimum atomic E-state index is -3.60. The zero-order valence-corrected chi connectivity index (χ0v) is 17.5. The van der Waals surface area contributed by atoms with E-state index < -0.39 is 15.3 Å². The highest BCUT2D eigenvalue weighted by Gasteiger charge is 2.24. The van der Waals surface area contributed by atoms with E-state index in [0.717, 1.165) is 0 Å². The molecular formula is C18H24N4O3S2. The van der Waals surface area contributed by atoms with Gasteiger partial charge in [-0.3, -0.25) is 4.79 Å². The third-order valence-corrected chi connectivity index (χ3v) is 7.15. The Bertz CT molecular complexity index is 885. The zero-order chi connectivity index (χ0) is 20.0. The van der Waals surface area contributed by atoms with Crippen LogP contribution in [0.15, 0.2) is 46.7 Å². The summed E-state index contributed by atoms with van der Waals surface area (Å²) in [5.41, 5.74) is 1.08. The Hall–Kier alpha value is -1.97. The Balaban J connectivity index is 2.19. The Morgan fingerprint density at radius 3 is 2.44 bits per heavy atom. The zero-order valence-electron chi connectivity index (χ0n) is 15.8. The van der Waals surface area contributed by atoms with Crippen LogP contribution in [0, 0.1) is 6.92 Å². The van der Waals surface area contributed by atoms with Gasteiger partial charge < -0.3 is 5.32 Å². The van der Waals surface area contributed by atoms with E-state index in [1.807, 2.05) is 0 Å². The summed E-state index contributed by atoms with van der Waals surface area (Å²) in [5, 5.41) is 2.85. The van der Waals surface area contributed by atoms with Crippen LogP contribution in [-0.2, 0) is 14.8 Å². The van der Waals surface area contributed by atoms with Crippen molar-refractivity contribution in [2.45, 2.75) is 43.0 Å². The molecule has 0 spiro atoms. The summed E-state index contributed by atoms with van der Waals surface area (Å²) < 4.78 is 27.0. The number of aryl methyl sites for hydroxylation is 1. The lowest BCUT2D eigenvalue weighted by Crippen LogP contribution is -2.31. The standard InChI is InChI=1S/C18H24N4O3S2/c1-5-22(6-2)27(24,25)16-12-15(9-8-13(16)3)21-17(23)14(4)26-18-19-10-7-11-20-18/h7-12,14H,5-6H2,1-4H3,(H,21,23)/t14-/m0/s1. The predicted octanol–water partition coefficient (Wildman–Crippen LogP) is 2.93. The van der Waals surface area contributed by atoms with Crippen molar-refractivity contribution in [3.05, 3.63) is 42.2 Å². The van der Waals surface area contributed by atoms with Crippen LogP contribution in [0.2, 0.25) is 0 Å². The first-order valence-electron chi connectivity index (χ1n) is 8.64. The van der Waals surface area contributed by atoms with Crippen molar-refractivity contribution in [3.63, 3.8) is 0 Å². The molecule has 0 saturated heterocycles. The molecule has 1 aromatic heterocycles. The average molecular weight is 409 g/mol. The highest BCUT2D eigenvalue weighted by atomic mass is 32.2. The van der Waals surface area contributed by atoms with Gasteiger partial charge in [0.1, 0.15) is 0 Å².